The topological polar surface area (TPSA) is 201 Å². The average Bonchev–Trinajstić information content (AvgIpc) is 2.82. The van der Waals surface area contributed by atoms with Gasteiger partial charge >= 0.3 is 41.8 Å². The fourth-order valence-corrected chi connectivity index (χ4v) is 2.02. The number of hydrogen-bond acceptors (Lipinski definition) is 14. The highest BCUT2D eigenvalue weighted by atomic mass is 17.3. The molecule has 0 radical (unpaired) electrons. The monoisotopic (exact) mass is 486 g/mol. The van der Waals surface area contributed by atoms with Gasteiger partial charge in [0.25, 0.3) is 0 Å². The lowest BCUT2D eigenvalue weighted by Crippen LogP contribution is -2.72. The van der Waals surface area contributed by atoms with E-state index >= 15 is 0 Å². The van der Waals surface area contributed by atoms with E-state index in [1.165, 1.54) is 0 Å². The summed E-state index contributed by atoms with van der Waals surface area (Å²) in [6.07, 6.45) is 2.28. The van der Waals surface area contributed by atoms with Crippen LogP contribution >= 0.6 is 0 Å². The van der Waals surface area contributed by atoms with Crippen LogP contribution in [0, 0.1) is 5.41 Å². The van der Waals surface area contributed by atoms with E-state index in [-0.39, 0.29) is 0 Å². The summed E-state index contributed by atoms with van der Waals surface area (Å²) in [5.41, 5.74) is -3.42. The quantitative estimate of drug-likeness (QED) is 0.0822. The molecule has 0 aromatic carbocycles. The number of aliphatic hydroxyl groups is 3. The molecule has 0 fully saturated rings. The summed E-state index contributed by atoms with van der Waals surface area (Å²) in [6.45, 7) is 11.8. The third kappa shape index (κ3) is 6.46. The smallest absolute Gasteiger partial charge is 0.395 e. The van der Waals surface area contributed by atoms with Gasteiger partial charge in [-0.3, -0.25) is 4.89 Å². The fraction of sp³-hybridized carbons (Fsp3) is 0.250. The van der Waals surface area contributed by atoms with Crippen LogP contribution in [0.15, 0.2) is 63.3 Å². The minimum Gasteiger partial charge on any atom is -0.395 e. The van der Waals surface area contributed by atoms with E-state index in [2.05, 4.69) is 52.1 Å². The van der Waals surface area contributed by atoms with Crippen molar-refractivity contribution in [2.75, 3.05) is 13.2 Å². The van der Waals surface area contributed by atoms with Gasteiger partial charge in [0.2, 0.25) is 5.41 Å². The molecule has 0 aliphatic carbocycles. The third-order valence-corrected chi connectivity index (χ3v) is 3.75. The number of esters is 4. The largest absolute Gasteiger partial charge is 0.434 e. The predicted octanol–water partition coefficient (Wildman–Crippen LogP) is -1.17. The summed E-state index contributed by atoms with van der Waals surface area (Å²) in [4.78, 5) is 68.5. The fourth-order valence-electron chi connectivity index (χ4n) is 2.02. The first-order valence-corrected chi connectivity index (χ1v) is 8.78. The molecule has 0 aliphatic rings. The molecule has 34 heavy (non-hydrogen) atoms. The number of hydrogen-bond donors (Lipinski definition) is 3. The zero-order chi connectivity index (χ0) is 26.6. The van der Waals surface area contributed by atoms with Crippen LogP contribution in [-0.2, 0) is 52.7 Å². The number of rotatable bonds is 15. The number of aliphatic hydroxyl groups excluding tert-OH is 2. The van der Waals surface area contributed by atoms with Gasteiger partial charge in [0.1, 0.15) is 0 Å². The van der Waals surface area contributed by atoms with Crippen molar-refractivity contribution in [3.8, 4) is 0 Å². The molecule has 186 valence electrons. The van der Waals surface area contributed by atoms with Crippen molar-refractivity contribution < 1.29 is 68.0 Å². The minimum atomic E-state index is -3.91. The van der Waals surface area contributed by atoms with E-state index in [4.69, 9.17) is 9.47 Å². The van der Waals surface area contributed by atoms with Gasteiger partial charge in [-0.1, -0.05) is 37.8 Å². The predicted molar refractivity (Wildman–Crippen MR) is 107 cm³/mol. The molecule has 0 saturated carbocycles. The van der Waals surface area contributed by atoms with Crippen LogP contribution in [0.2, 0.25) is 0 Å². The van der Waals surface area contributed by atoms with Crippen molar-refractivity contribution in [3.63, 3.8) is 0 Å². The molecular formula is C20H22O14. The van der Waals surface area contributed by atoms with E-state index in [0.717, 1.165) is 0 Å². The lowest BCUT2D eigenvalue weighted by atomic mass is 9.82. The van der Waals surface area contributed by atoms with Gasteiger partial charge in [-0.25, -0.2) is 24.0 Å². The minimum absolute atomic E-state index is 0.442. The van der Waals surface area contributed by atoms with Crippen LogP contribution in [0.3, 0.4) is 0 Å². The van der Waals surface area contributed by atoms with E-state index in [9.17, 15) is 39.3 Å². The Hall–Kier alpha value is -4.11. The summed E-state index contributed by atoms with van der Waals surface area (Å²) >= 11 is 0. The van der Waals surface area contributed by atoms with Gasteiger partial charge < -0.3 is 34.3 Å². The molecule has 0 aromatic rings. The Kier molecular flexibility index (Phi) is 11.3. The van der Waals surface area contributed by atoms with Crippen LogP contribution in [0.1, 0.15) is 0 Å². The maximum Gasteiger partial charge on any atom is 0.434 e. The average molecular weight is 486 g/mol. The Morgan fingerprint density at radius 3 is 1.24 bits per heavy atom. The van der Waals surface area contributed by atoms with Crippen molar-refractivity contribution in [3.05, 3.63) is 63.3 Å². The first-order valence-electron chi connectivity index (χ1n) is 8.78. The molecule has 0 saturated heterocycles. The lowest BCUT2D eigenvalue weighted by molar-refractivity contribution is -0.544. The lowest BCUT2D eigenvalue weighted by Gasteiger charge is -2.48. The molecule has 0 unspecified atom stereocenters. The molecule has 0 aliphatic heterocycles. The Morgan fingerprint density at radius 2 is 0.941 bits per heavy atom. The standard InChI is InChI=1S/C20H22O14/c1-6-13(23)29-19(28,30-14(24)7-2)18(11-21,12-22)20(31-15(25)8-3,32-16(26)9-4)34-33-17(27)10-5/h6-10,21-22,28H,1-5,11-12H2. The zero-order valence-electron chi connectivity index (χ0n) is 17.7. The summed E-state index contributed by atoms with van der Waals surface area (Å²) < 4.78 is 18.7. The van der Waals surface area contributed by atoms with Crippen LogP contribution in [0.25, 0.3) is 0 Å². The van der Waals surface area contributed by atoms with Crippen molar-refractivity contribution in [2.45, 2.75) is 11.9 Å². The molecule has 3 N–H and O–H groups in total. The second kappa shape index (κ2) is 12.8. The second-order valence-corrected chi connectivity index (χ2v) is 5.73. The van der Waals surface area contributed by atoms with Crippen molar-refractivity contribution in [1.82, 2.24) is 0 Å². The molecule has 0 amide bonds. The SMILES string of the molecule is C=CC(=O)OOC(OC(=O)C=C)(OC(=O)C=C)C(CO)(CO)C(O)(OC(=O)C=C)OC(=O)C=C. The van der Waals surface area contributed by atoms with Gasteiger partial charge in [-0.2, -0.15) is 0 Å². The molecule has 0 aromatic heterocycles. The molecule has 14 heteroatoms. The number of ether oxygens (including phenoxy) is 4. The summed E-state index contributed by atoms with van der Waals surface area (Å²) in [6, 6.07) is 0. The number of carbonyl (C=O) groups excluding carboxylic acids is 5. The molecule has 0 rings (SSSR count). The summed E-state index contributed by atoms with van der Waals surface area (Å²) in [5.74, 6) is -15.3. The molecule has 0 spiro atoms. The maximum absolute atomic E-state index is 12.1. The molecule has 0 heterocycles. The van der Waals surface area contributed by atoms with Crippen molar-refractivity contribution >= 4 is 29.8 Å². The highest BCUT2D eigenvalue weighted by molar-refractivity contribution is 5.85. The van der Waals surface area contributed by atoms with E-state index in [1.807, 2.05) is 0 Å². The Bertz CT molecular complexity index is 822. The molecule has 14 nitrogen and oxygen atoms in total. The first-order chi connectivity index (χ1) is 15.9. The van der Waals surface area contributed by atoms with Crippen molar-refractivity contribution in [1.29, 1.82) is 0 Å². The Morgan fingerprint density at radius 1 is 0.618 bits per heavy atom. The van der Waals surface area contributed by atoms with Gasteiger partial charge in [0, 0.05) is 30.4 Å². The van der Waals surface area contributed by atoms with Crippen molar-refractivity contribution in [2.24, 2.45) is 5.41 Å². The van der Waals surface area contributed by atoms with E-state index in [0.29, 0.717) is 30.4 Å². The van der Waals surface area contributed by atoms with Crippen LogP contribution in [-0.4, -0.2) is 70.3 Å². The second-order valence-electron chi connectivity index (χ2n) is 5.73. The highest BCUT2D eigenvalue weighted by Gasteiger charge is 2.76. The van der Waals surface area contributed by atoms with E-state index < -0.39 is 60.4 Å². The summed E-state index contributed by atoms with van der Waals surface area (Å²) in [7, 11) is 0. The Labute approximate surface area is 192 Å². The highest BCUT2D eigenvalue weighted by Crippen LogP contribution is 2.47. The van der Waals surface area contributed by atoms with Gasteiger partial charge in [0.15, 0.2) is 0 Å². The van der Waals surface area contributed by atoms with Gasteiger partial charge in [-0.15, -0.1) is 0 Å². The maximum atomic E-state index is 12.1. The zero-order valence-corrected chi connectivity index (χ0v) is 17.7. The van der Waals surface area contributed by atoms with Gasteiger partial charge in [-0.05, 0) is 0 Å². The Balaban J connectivity index is 7.45. The van der Waals surface area contributed by atoms with E-state index in [1.54, 1.807) is 0 Å². The molecular weight excluding hydrogens is 464 g/mol. The van der Waals surface area contributed by atoms with Crippen LogP contribution in [0.5, 0.6) is 0 Å². The van der Waals surface area contributed by atoms with Gasteiger partial charge in [0.05, 0.1) is 13.2 Å². The normalized spacial score (nSPS) is 11.1. The first kappa shape index (κ1) is 29.9. The summed E-state index contributed by atoms with van der Waals surface area (Å²) in [5, 5.41) is 31.4. The molecule has 0 atom stereocenters. The van der Waals surface area contributed by atoms with Crippen LogP contribution in [0.4, 0.5) is 0 Å². The van der Waals surface area contributed by atoms with Crippen LogP contribution < -0.4 is 0 Å². The molecule has 0 bridgehead atoms. The number of carbonyl (C=O) groups is 5. The third-order valence-electron chi connectivity index (χ3n) is 3.75.